The van der Waals surface area contributed by atoms with Gasteiger partial charge in [-0.05, 0) is 35.9 Å². The Morgan fingerprint density at radius 3 is 2.71 bits per heavy atom. The first-order valence-electron chi connectivity index (χ1n) is 10.3. The van der Waals surface area contributed by atoms with Gasteiger partial charge < -0.3 is 9.64 Å². The Morgan fingerprint density at radius 1 is 0.968 bits per heavy atom. The molecule has 1 aliphatic heterocycles. The van der Waals surface area contributed by atoms with Crippen molar-refractivity contribution in [1.82, 2.24) is 24.5 Å². The van der Waals surface area contributed by atoms with Gasteiger partial charge in [0, 0.05) is 43.9 Å². The molecule has 0 atom stereocenters. The summed E-state index contributed by atoms with van der Waals surface area (Å²) >= 11 is 6.04. The van der Waals surface area contributed by atoms with Gasteiger partial charge >= 0.3 is 0 Å². The van der Waals surface area contributed by atoms with Crippen molar-refractivity contribution in [2.24, 2.45) is 0 Å². The van der Waals surface area contributed by atoms with E-state index in [0.29, 0.717) is 17.5 Å². The van der Waals surface area contributed by atoms with Crippen LogP contribution in [-0.4, -0.2) is 50.7 Å². The monoisotopic (exact) mass is 434 g/mol. The van der Waals surface area contributed by atoms with Crippen molar-refractivity contribution < 1.29 is 4.74 Å². The Kier molecular flexibility index (Phi) is 5.69. The van der Waals surface area contributed by atoms with Crippen LogP contribution in [-0.2, 0) is 13.2 Å². The lowest BCUT2D eigenvalue weighted by Crippen LogP contribution is -2.46. The van der Waals surface area contributed by atoms with E-state index in [9.17, 15) is 0 Å². The SMILES string of the molecule is Clc1cccc(COc2cncc(N3CCN(Cc4cc5ccccn5n4)CC3)n2)c1. The highest BCUT2D eigenvalue weighted by Crippen LogP contribution is 2.19. The zero-order valence-corrected chi connectivity index (χ0v) is 17.8. The van der Waals surface area contributed by atoms with Crippen LogP contribution in [0.4, 0.5) is 5.82 Å². The van der Waals surface area contributed by atoms with Crippen LogP contribution in [0.5, 0.6) is 5.88 Å². The summed E-state index contributed by atoms with van der Waals surface area (Å²) in [7, 11) is 0. The smallest absolute Gasteiger partial charge is 0.234 e. The van der Waals surface area contributed by atoms with Crippen LogP contribution >= 0.6 is 11.6 Å². The zero-order valence-electron chi connectivity index (χ0n) is 17.1. The summed E-state index contributed by atoms with van der Waals surface area (Å²) < 4.78 is 7.75. The first kappa shape index (κ1) is 19.8. The number of piperazine rings is 1. The van der Waals surface area contributed by atoms with E-state index >= 15 is 0 Å². The fourth-order valence-electron chi connectivity index (χ4n) is 3.78. The van der Waals surface area contributed by atoms with Gasteiger partial charge in [-0.25, -0.2) is 4.52 Å². The first-order chi connectivity index (χ1) is 15.2. The molecule has 1 fully saturated rings. The van der Waals surface area contributed by atoms with Gasteiger partial charge in [-0.3, -0.25) is 9.88 Å². The number of hydrogen-bond donors (Lipinski definition) is 0. The third-order valence-corrected chi connectivity index (χ3v) is 5.61. The summed E-state index contributed by atoms with van der Waals surface area (Å²) in [6.07, 6.45) is 5.43. The molecule has 0 saturated carbocycles. The van der Waals surface area contributed by atoms with E-state index in [4.69, 9.17) is 16.3 Å². The van der Waals surface area contributed by atoms with Crippen molar-refractivity contribution >= 4 is 22.9 Å². The number of aromatic nitrogens is 4. The fraction of sp³-hybridized carbons (Fsp3) is 0.261. The van der Waals surface area contributed by atoms with E-state index in [-0.39, 0.29) is 0 Å². The maximum Gasteiger partial charge on any atom is 0.234 e. The quantitative estimate of drug-likeness (QED) is 0.461. The summed E-state index contributed by atoms with van der Waals surface area (Å²) in [6, 6.07) is 15.9. The van der Waals surface area contributed by atoms with Crippen LogP contribution in [0.25, 0.3) is 5.52 Å². The van der Waals surface area contributed by atoms with Crippen LogP contribution in [0.1, 0.15) is 11.3 Å². The third kappa shape index (κ3) is 4.78. The van der Waals surface area contributed by atoms with Gasteiger partial charge in [-0.15, -0.1) is 0 Å². The van der Waals surface area contributed by atoms with Crippen LogP contribution in [0, 0.1) is 0 Å². The molecule has 0 spiro atoms. The number of nitrogens with zero attached hydrogens (tertiary/aromatic N) is 6. The second-order valence-corrected chi connectivity index (χ2v) is 8.04. The molecule has 5 rings (SSSR count). The second-order valence-electron chi connectivity index (χ2n) is 7.60. The molecule has 1 aliphatic rings. The molecule has 7 nitrogen and oxygen atoms in total. The number of benzene rings is 1. The Hall–Kier alpha value is -3.16. The Labute approximate surface area is 185 Å². The number of ether oxygens (including phenoxy) is 1. The minimum atomic E-state index is 0.408. The molecule has 0 radical (unpaired) electrons. The highest BCUT2D eigenvalue weighted by molar-refractivity contribution is 6.30. The van der Waals surface area contributed by atoms with E-state index in [2.05, 4.69) is 37.0 Å². The highest BCUT2D eigenvalue weighted by Gasteiger charge is 2.19. The predicted octanol–water partition coefficient (Wildman–Crippen LogP) is 3.68. The lowest BCUT2D eigenvalue weighted by atomic mass is 10.2. The van der Waals surface area contributed by atoms with Gasteiger partial charge in [-0.1, -0.05) is 29.8 Å². The van der Waals surface area contributed by atoms with Gasteiger partial charge in [0.05, 0.1) is 23.6 Å². The molecule has 4 aromatic rings. The zero-order chi connectivity index (χ0) is 21.0. The number of pyridine rings is 1. The number of halogens is 1. The molecular weight excluding hydrogens is 412 g/mol. The van der Waals surface area contributed by atoms with Gasteiger partial charge in [0.1, 0.15) is 6.61 Å². The molecule has 31 heavy (non-hydrogen) atoms. The van der Waals surface area contributed by atoms with Gasteiger partial charge in [-0.2, -0.15) is 10.1 Å². The highest BCUT2D eigenvalue weighted by atomic mass is 35.5. The Balaban J connectivity index is 1.17. The van der Waals surface area contributed by atoms with Crippen molar-refractivity contribution in [1.29, 1.82) is 0 Å². The summed E-state index contributed by atoms with van der Waals surface area (Å²) in [6.45, 7) is 4.93. The molecule has 3 aromatic heterocycles. The average molecular weight is 435 g/mol. The maximum absolute atomic E-state index is 6.04. The van der Waals surface area contributed by atoms with Crippen LogP contribution in [0.3, 0.4) is 0 Å². The minimum absolute atomic E-state index is 0.408. The third-order valence-electron chi connectivity index (χ3n) is 5.38. The summed E-state index contributed by atoms with van der Waals surface area (Å²) in [4.78, 5) is 13.6. The molecule has 8 heteroatoms. The summed E-state index contributed by atoms with van der Waals surface area (Å²) in [5.41, 5.74) is 3.22. The number of rotatable bonds is 6. The van der Waals surface area contributed by atoms with Crippen molar-refractivity contribution in [2.75, 3.05) is 31.1 Å². The molecule has 1 aromatic carbocycles. The lowest BCUT2D eigenvalue weighted by molar-refractivity contribution is 0.245. The van der Waals surface area contributed by atoms with Crippen molar-refractivity contribution in [3.05, 3.63) is 83.4 Å². The molecule has 0 bridgehead atoms. The van der Waals surface area contributed by atoms with E-state index < -0.39 is 0 Å². The van der Waals surface area contributed by atoms with Gasteiger partial charge in [0.2, 0.25) is 5.88 Å². The van der Waals surface area contributed by atoms with Crippen LogP contribution in [0.15, 0.2) is 67.1 Å². The standard InChI is InChI=1S/C23H23ClN6O/c24-19-5-3-4-18(12-19)17-31-23-15-25-14-22(26-23)29-10-8-28(9-11-29)16-20-13-21-6-1-2-7-30(21)27-20/h1-7,12-15H,8-11,16-17H2. The molecule has 0 unspecified atom stereocenters. The van der Waals surface area contributed by atoms with E-state index in [1.54, 1.807) is 12.4 Å². The summed E-state index contributed by atoms with van der Waals surface area (Å²) in [5, 5.41) is 5.36. The molecule has 158 valence electrons. The Morgan fingerprint density at radius 2 is 1.87 bits per heavy atom. The van der Waals surface area contributed by atoms with Crippen molar-refractivity contribution in [3.8, 4) is 5.88 Å². The van der Waals surface area contributed by atoms with Crippen LogP contribution in [0.2, 0.25) is 5.02 Å². The van der Waals surface area contributed by atoms with Gasteiger partial charge in [0.25, 0.3) is 0 Å². The number of hydrogen-bond acceptors (Lipinski definition) is 6. The first-order valence-corrected chi connectivity index (χ1v) is 10.7. The Bertz CT molecular complexity index is 1140. The van der Waals surface area contributed by atoms with Crippen molar-refractivity contribution in [2.45, 2.75) is 13.2 Å². The number of fused-ring (bicyclic) bond motifs is 1. The number of anilines is 1. The molecule has 1 saturated heterocycles. The average Bonchev–Trinajstić information content (AvgIpc) is 3.21. The normalized spacial score (nSPS) is 14.8. The van der Waals surface area contributed by atoms with Crippen LogP contribution < -0.4 is 9.64 Å². The molecule has 0 aliphatic carbocycles. The minimum Gasteiger partial charge on any atom is -0.472 e. The molecule has 0 amide bonds. The molecular formula is C23H23ClN6O. The lowest BCUT2D eigenvalue weighted by Gasteiger charge is -2.34. The van der Waals surface area contributed by atoms with E-state index in [1.165, 1.54) is 0 Å². The summed E-state index contributed by atoms with van der Waals surface area (Å²) in [5.74, 6) is 1.36. The molecule has 4 heterocycles. The van der Waals surface area contributed by atoms with E-state index in [0.717, 1.165) is 55.3 Å². The largest absolute Gasteiger partial charge is 0.472 e. The van der Waals surface area contributed by atoms with E-state index in [1.807, 2.05) is 47.1 Å². The predicted molar refractivity (Wildman–Crippen MR) is 120 cm³/mol. The van der Waals surface area contributed by atoms with Crippen molar-refractivity contribution in [3.63, 3.8) is 0 Å². The fourth-order valence-corrected chi connectivity index (χ4v) is 3.99. The topological polar surface area (TPSA) is 58.8 Å². The second kappa shape index (κ2) is 8.91. The molecule has 0 N–H and O–H groups in total. The van der Waals surface area contributed by atoms with Gasteiger partial charge in [0.15, 0.2) is 5.82 Å². The maximum atomic E-state index is 6.04.